The summed E-state index contributed by atoms with van der Waals surface area (Å²) < 4.78 is 5.40. The molecule has 0 aromatic heterocycles. The van der Waals surface area contributed by atoms with Gasteiger partial charge >= 0.3 is 0 Å². The van der Waals surface area contributed by atoms with Gasteiger partial charge in [-0.15, -0.1) is 0 Å². The summed E-state index contributed by atoms with van der Waals surface area (Å²) in [6.07, 6.45) is 12.6. The Morgan fingerprint density at radius 1 is 1.03 bits per heavy atom. The van der Waals surface area contributed by atoms with Gasteiger partial charge in [-0.1, -0.05) is 46.0 Å². The molecule has 202 valence electrons. The molecule has 1 N–H and O–H groups in total. The molecule has 4 fully saturated rings. The highest BCUT2D eigenvalue weighted by molar-refractivity contribution is 5.86. The summed E-state index contributed by atoms with van der Waals surface area (Å²) in [5.41, 5.74) is -0.835. The molecule has 4 aliphatic rings. The van der Waals surface area contributed by atoms with E-state index in [1.54, 1.807) is 0 Å². The van der Waals surface area contributed by atoms with Crippen LogP contribution in [0.2, 0.25) is 0 Å². The van der Waals surface area contributed by atoms with Gasteiger partial charge in [0, 0.05) is 44.6 Å². The number of ether oxygens (including phenoxy) is 1. The topological polar surface area (TPSA) is 85.7 Å². The van der Waals surface area contributed by atoms with Gasteiger partial charge in [0.2, 0.25) is 11.8 Å². The normalized spacial score (nSPS) is 31.2. The maximum atomic E-state index is 13.7. The number of carbonyl (C=O) groups is 2. The molecule has 0 aromatic carbocycles. The number of morpholine rings is 1. The number of nitrogens with one attached hydrogen (secondary N) is 1. The van der Waals surface area contributed by atoms with Crippen LogP contribution < -0.4 is 5.32 Å². The first-order valence-corrected chi connectivity index (χ1v) is 14.7. The van der Waals surface area contributed by atoms with Crippen molar-refractivity contribution < 1.29 is 14.3 Å². The number of nitriles is 1. The fraction of sp³-hybridized carbons (Fsp3) is 0.897. The number of hydrogen-bond acceptors (Lipinski definition) is 5. The van der Waals surface area contributed by atoms with Gasteiger partial charge in [0.25, 0.3) is 0 Å². The lowest BCUT2D eigenvalue weighted by Crippen LogP contribution is -2.53. The largest absolute Gasteiger partial charge is 0.378 e. The summed E-state index contributed by atoms with van der Waals surface area (Å²) in [6.45, 7) is 8.47. The van der Waals surface area contributed by atoms with E-state index in [0.717, 1.165) is 37.6 Å². The Labute approximate surface area is 218 Å². The predicted octanol–water partition coefficient (Wildman–Crippen LogP) is 4.12. The second kappa shape index (κ2) is 12.7. The minimum Gasteiger partial charge on any atom is -0.378 e. The molecule has 2 saturated carbocycles. The number of amides is 2. The zero-order valence-electron chi connectivity index (χ0n) is 22.7. The summed E-state index contributed by atoms with van der Waals surface area (Å²) >= 11 is 0. The summed E-state index contributed by atoms with van der Waals surface area (Å²) in [5.74, 6) is 1.66. The van der Waals surface area contributed by atoms with Crippen molar-refractivity contribution in [2.45, 2.75) is 102 Å². The maximum Gasteiger partial charge on any atom is 0.224 e. The first kappa shape index (κ1) is 27.4. The van der Waals surface area contributed by atoms with Crippen LogP contribution in [0.3, 0.4) is 0 Å². The van der Waals surface area contributed by atoms with E-state index in [2.05, 4.69) is 30.1 Å². The Morgan fingerprint density at radius 3 is 2.36 bits per heavy atom. The van der Waals surface area contributed by atoms with E-state index in [4.69, 9.17) is 4.74 Å². The number of nitrogens with zero attached hydrogens (tertiary/aromatic N) is 3. The van der Waals surface area contributed by atoms with E-state index in [0.29, 0.717) is 51.2 Å². The van der Waals surface area contributed by atoms with Crippen molar-refractivity contribution in [3.05, 3.63) is 0 Å². The van der Waals surface area contributed by atoms with E-state index in [1.807, 2.05) is 4.90 Å². The van der Waals surface area contributed by atoms with Crippen LogP contribution in [-0.2, 0) is 14.3 Å². The molecule has 2 unspecified atom stereocenters. The Balaban J connectivity index is 1.37. The van der Waals surface area contributed by atoms with Gasteiger partial charge in [-0.3, -0.25) is 14.5 Å². The standard InChI is InChI=1S/C29H48N4O3/c1-22(2)24-8-10-26(11-9-24)33-13-12-29(20-30,21-33)31-28(35)25(18-23-6-4-3-5-7-23)19-27(34)32-14-16-36-17-15-32/h22-26H,3-19,21H2,1-2H3,(H,31,35). The lowest BCUT2D eigenvalue weighted by atomic mass is 9.79. The Morgan fingerprint density at radius 2 is 1.72 bits per heavy atom. The van der Waals surface area contributed by atoms with E-state index in [-0.39, 0.29) is 24.2 Å². The van der Waals surface area contributed by atoms with Gasteiger partial charge in [-0.05, 0) is 56.3 Å². The first-order chi connectivity index (χ1) is 17.4. The van der Waals surface area contributed by atoms with E-state index >= 15 is 0 Å². The zero-order chi connectivity index (χ0) is 25.5. The SMILES string of the molecule is CC(C)C1CCC(N2CCC(C#N)(NC(=O)C(CC(=O)N3CCOCC3)CC3CCCCC3)C2)CC1. The molecule has 2 heterocycles. The summed E-state index contributed by atoms with van der Waals surface area (Å²) in [5, 5.41) is 13.4. The van der Waals surface area contributed by atoms with E-state index in [9.17, 15) is 14.9 Å². The third-order valence-corrected chi connectivity index (χ3v) is 9.57. The molecule has 7 nitrogen and oxygen atoms in total. The highest BCUT2D eigenvalue weighted by Gasteiger charge is 2.44. The maximum absolute atomic E-state index is 13.7. The van der Waals surface area contributed by atoms with Crippen molar-refractivity contribution in [3.8, 4) is 6.07 Å². The van der Waals surface area contributed by atoms with Gasteiger partial charge in [0.05, 0.1) is 19.3 Å². The van der Waals surface area contributed by atoms with Crippen LogP contribution in [0.5, 0.6) is 0 Å². The molecule has 7 heteroatoms. The van der Waals surface area contributed by atoms with Crippen molar-refractivity contribution >= 4 is 11.8 Å². The number of hydrogen-bond donors (Lipinski definition) is 1. The highest BCUT2D eigenvalue weighted by atomic mass is 16.5. The van der Waals surface area contributed by atoms with Crippen molar-refractivity contribution in [3.63, 3.8) is 0 Å². The van der Waals surface area contributed by atoms with Crippen LogP contribution in [0.4, 0.5) is 0 Å². The molecule has 2 saturated heterocycles. The van der Waals surface area contributed by atoms with Gasteiger partial charge in [-0.2, -0.15) is 5.26 Å². The van der Waals surface area contributed by atoms with Crippen LogP contribution in [0.15, 0.2) is 0 Å². The van der Waals surface area contributed by atoms with Crippen molar-refractivity contribution in [1.29, 1.82) is 5.26 Å². The number of carbonyl (C=O) groups excluding carboxylic acids is 2. The molecule has 36 heavy (non-hydrogen) atoms. The molecule has 0 aromatic rings. The Kier molecular flexibility index (Phi) is 9.69. The van der Waals surface area contributed by atoms with Crippen molar-refractivity contribution in [1.82, 2.24) is 15.1 Å². The Hall–Kier alpha value is -1.65. The lowest BCUT2D eigenvalue weighted by Gasteiger charge is -2.36. The van der Waals surface area contributed by atoms with E-state index in [1.165, 1.54) is 44.9 Å². The third kappa shape index (κ3) is 7.01. The molecule has 0 bridgehead atoms. The first-order valence-electron chi connectivity index (χ1n) is 14.7. The fourth-order valence-corrected chi connectivity index (χ4v) is 7.10. The quantitative estimate of drug-likeness (QED) is 0.542. The number of likely N-dealkylation sites (tertiary alicyclic amines) is 1. The molecule has 4 rings (SSSR count). The van der Waals surface area contributed by atoms with Gasteiger partial charge in [0.15, 0.2) is 0 Å². The molecule has 0 spiro atoms. The smallest absolute Gasteiger partial charge is 0.224 e. The third-order valence-electron chi connectivity index (χ3n) is 9.57. The summed E-state index contributed by atoms with van der Waals surface area (Å²) in [6, 6.07) is 3.02. The fourth-order valence-electron chi connectivity index (χ4n) is 7.10. The van der Waals surface area contributed by atoms with Crippen LogP contribution in [-0.4, -0.2) is 72.6 Å². The van der Waals surface area contributed by atoms with Gasteiger partial charge < -0.3 is 15.0 Å². The van der Waals surface area contributed by atoms with E-state index < -0.39 is 5.54 Å². The lowest BCUT2D eigenvalue weighted by molar-refractivity contribution is -0.140. The molecule has 2 aliphatic carbocycles. The second-order valence-electron chi connectivity index (χ2n) is 12.4. The predicted molar refractivity (Wildman–Crippen MR) is 140 cm³/mol. The van der Waals surface area contributed by atoms with Gasteiger partial charge in [0.1, 0.15) is 5.54 Å². The van der Waals surface area contributed by atoms with Crippen molar-refractivity contribution in [2.24, 2.45) is 23.7 Å². The molecule has 0 radical (unpaired) electrons. The molecule has 2 atom stereocenters. The van der Waals surface area contributed by atoms with Crippen LogP contribution in [0.1, 0.15) is 90.9 Å². The zero-order valence-corrected chi connectivity index (χ0v) is 22.7. The summed E-state index contributed by atoms with van der Waals surface area (Å²) in [4.78, 5) is 31.1. The highest BCUT2D eigenvalue weighted by Crippen LogP contribution is 2.36. The van der Waals surface area contributed by atoms with Crippen molar-refractivity contribution in [2.75, 3.05) is 39.4 Å². The molecule has 2 aliphatic heterocycles. The Bertz CT molecular complexity index is 776. The monoisotopic (exact) mass is 500 g/mol. The second-order valence-corrected chi connectivity index (χ2v) is 12.4. The van der Waals surface area contributed by atoms with Crippen LogP contribution in [0, 0.1) is 35.0 Å². The van der Waals surface area contributed by atoms with Crippen LogP contribution >= 0.6 is 0 Å². The molecular formula is C29H48N4O3. The molecular weight excluding hydrogens is 452 g/mol. The average molecular weight is 501 g/mol. The minimum atomic E-state index is -0.835. The summed E-state index contributed by atoms with van der Waals surface area (Å²) in [7, 11) is 0. The van der Waals surface area contributed by atoms with Gasteiger partial charge in [-0.25, -0.2) is 0 Å². The number of rotatable bonds is 8. The minimum absolute atomic E-state index is 0.0511. The van der Waals surface area contributed by atoms with Crippen LogP contribution in [0.25, 0.3) is 0 Å². The average Bonchev–Trinajstić information content (AvgIpc) is 3.33. The molecule has 2 amide bonds.